The van der Waals surface area contributed by atoms with Crippen LogP contribution in [0.2, 0.25) is 0 Å². The Morgan fingerprint density at radius 2 is 2.21 bits per heavy atom. The molecule has 5 nitrogen and oxygen atoms in total. The van der Waals surface area contributed by atoms with Crippen LogP contribution in [-0.4, -0.2) is 46.2 Å². The average molecular weight is 260 g/mol. The number of rotatable bonds is 2. The predicted octanol–water partition coefficient (Wildman–Crippen LogP) is 1.62. The van der Waals surface area contributed by atoms with Gasteiger partial charge in [-0.3, -0.25) is 4.90 Å². The van der Waals surface area contributed by atoms with E-state index in [-0.39, 0.29) is 11.8 Å². The molecule has 3 N–H and O–H groups in total. The third-order valence-corrected chi connectivity index (χ3v) is 3.80. The lowest BCUT2D eigenvalue weighted by atomic mass is 10.2. The number of hydrogen-bond acceptors (Lipinski definition) is 4. The molecular formula is C14H20N4O. The summed E-state index contributed by atoms with van der Waals surface area (Å²) < 4.78 is 0. The maximum atomic E-state index is 9.50. The summed E-state index contributed by atoms with van der Waals surface area (Å²) in [5, 5.41) is 12.9. The largest absolute Gasteiger partial charge is 0.508 e. The monoisotopic (exact) mass is 260 g/mol. The van der Waals surface area contributed by atoms with Gasteiger partial charge in [0.05, 0.1) is 17.1 Å². The van der Waals surface area contributed by atoms with Crippen LogP contribution in [0, 0.1) is 0 Å². The molecule has 0 spiro atoms. The molecular weight excluding hydrogens is 240 g/mol. The number of imidazole rings is 1. The number of phenolic OH excluding ortho intramolecular Hbond substituents is 1. The number of phenols is 1. The van der Waals surface area contributed by atoms with Crippen LogP contribution in [0.15, 0.2) is 18.2 Å². The van der Waals surface area contributed by atoms with Gasteiger partial charge in [-0.1, -0.05) is 0 Å². The summed E-state index contributed by atoms with van der Waals surface area (Å²) in [4.78, 5) is 10.4. The Hall–Kier alpha value is -1.59. The van der Waals surface area contributed by atoms with Crippen molar-refractivity contribution in [2.24, 2.45) is 0 Å². The van der Waals surface area contributed by atoms with E-state index in [1.165, 1.54) is 6.42 Å². The Balaban J connectivity index is 1.85. The molecule has 2 heterocycles. The van der Waals surface area contributed by atoms with Crippen LogP contribution in [0.5, 0.6) is 5.75 Å². The fourth-order valence-corrected chi connectivity index (χ4v) is 2.64. The van der Waals surface area contributed by atoms with Crippen molar-refractivity contribution in [3.63, 3.8) is 0 Å². The lowest BCUT2D eigenvalue weighted by molar-refractivity contribution is 0.218. The molecule has 0 aliphatic carbocycles. The maximum Gasteiger partial charge on any atom is 0.124 e. The summed E-state index contributed by atoms with van der Waals surface area (Å²) in [7, 11) is 0. The van der Waals surface area contributed by atoms with Gasteiger partial charge in [-0.25, -0.2) is 4.98 Å². The standard InChI is InChI=1S/C14H20N4O/c1-10(18-7-2-5-15-6-8-18)14-16-12-4-3-11(19)9-13(12)17-14/h3-4,9-10,15,19H,2,5-8H2,1H3,(H,16,17). The number of fused-ring (bicyclic) bond motifs is 1. The highest BCUT2D eigenvalue weighted by Gasteiger charge is 2.19. The normalized spacial score (nSPS) is 19.4. The summed E-state index contributed by atoms with van der Waals surface area (Å²) >= 11 is 0. The van der Waals surface area contributed by atoms with E-state index in [0.29, 0.717) is 0 Å². The van der Waals surface area contributed by atoms with Crippen LogP contribution in [0.25, 0.3) is 11.0 Å². The van der Waals surface area contributed by atoms with E-state index >= 15 is 0 Å². The molecule has 3 rings (SSSR count). The van der Waals surface area contributed by atoms with E-state index in [1.54, 1.807) is 12.1 Å². The molecule has 1 fully saturated rings. The third-order valence-electron chi connectivity index (χ3n) is 3.80. The van der Waals surface area contributed by atoms with Gasteiger partial charge in [0.2, 0.25) is 0 Å². The number of benzene rings is 1. The molecule has 2 aromatic rings. The van der Waals surface area contributed by atoms with Gasteiger partial charge in [0.25, 0.3) is 0 Å². The van der Waals surface area contributed by atoms with E-state index in [4.69, 9.17) is 0 Å². The first-order chi connectivity index (χ1) is 9.24. The molecule has 1 aromatic heterocycles. The minimum Gasteiger partial charge on any atom is -0.508 e. The molecule has 1 aliphatic rings. The SMILES string of the molecule is CC(c1nc2ccc(O)cc2[nH]1)N1CCCNCC1. The molecule has 1 aromatic carbocycles. The second-order valence-electron chi connectivity index (χ2n) is 5.14. The minimum atomic E-state index is 0.273. The van der Waals surface area contributed by atoms with Crippen molar-refractivity contribution in [3.05, 3.63) is 24.0 Å². The maximum absolute atomic E-state index is 9.50. The van der Waals surface area contributed by atoms with Gasteiger partial charge in [0, 0.05) is 25.7 Å². The number of H-pyrrole nitrogens is 1. The van der Waals surface area contributed by atoms with Gasteiger partial charge in [0.15, 0.2) is 0 Å². The van der Waals surface area contributed by atoms with Gasteiger partial charge < -0.3 is 15.4 Å². The summed E-state index contributed by atoms with van der Waals surface area (Å²) in [6, 6.07) is 5.52. The lowest BCUT2D eigenvalue weighted by Crippen LogP contribution is -2.31. The van der Waals surface area contributed by atoms with Gasteiger partial charge in [-0.15, -0.1) is 0 Å². The van der Waals surface area contributed by atoms with Crippen LogP contribution >= 0.6 is 0 Å². The van der Waals surface area contributed by atoms with Gasteiger partial charge in [0.1, 0.15) is 11.6 Å². The van der Waals surface area contributed by atoms with Crippen LogP contribution < -0.4 is 5.32 Å². The molecule has 1 atom stereocenters. The lowest BCUT2D eigenvalue weighted by Gasteiger charge is -2.25. The highest BCUT2D eigenvalue weighted by Crippen LogP contribution is 2.23. The number of aromatic nitrogens is 2. The summed E-state index contributed by atoms with van der Waals surface area (Å²) in [6.07, 6.45) is 1.17. The van der Waals surface area contributed by atoms with E-state index < -0.39 is 0 Å². The van der Waals surface area contributed by atoms with Crippen LogP contribution in [0.4, 0.5) is 0 Å². The molecule has 19 heavy (non-hydrogen) atoms. The Morgan fingerprint density at radius 1 is 1.32 bits per heavy atom. The average Bonchev–Trinajstić information content (AvgIpc) is 2.64. The van der Waals surface area contributed by atoms with Crippen molar-refractivity contribution < 1.29 is 5.11 Å². The summed E-state index contributed by atoms with van der Waals surface area (Å²) in [5.74, 6) is 1.25. The van der Waals surface area contributed by atoms with Crippen molar-refractivity contribution in [1.29, 1.82) is 0 Å². The van der Waals surface area contributed by atoms with Crippen molar-refractivity contribution >= 4 is 11.0 Å². The van der Waals surface area contributed by atoms with Crippen molar-refractivity contribution in [1.82, 2.24) is 20.2 Å². The molecule has 0 bridgehead atoms. The highest BCUT2D eigenvalue weighted by atomic mass is 16.3. The van der Waals surface area contributed by atoms with Gasteiger partial charge in [-0.05, 0) is 32.0 Å². The second kappa shape index (κ2) is 5.19. The minimum absolute atomic E-state index is 0.273. The molecule has 102 valence electrons. The first-order valence-electron chi connectivity index (χ1n) is 6.87. The zero-order valence-electron chi connectivity index (χ0n) is 11.2. The Labute approximate surface area is 112 Å². The Morgan fingerprint density at radius 3 is 3.11 bits per heavy atom. The fourth-order valence-electron chi connectivity index (χ4n) is 2.64. The molecule has 5 heteroatoms. The third kappa shape index (κ3) is 2.57. The van der Waals surface area contributed by atoms with Crippen molar-refractivity contribution in [2.75, 3.05) is 26.2 Å². The van der Waals surface area contributed by atoms with Gasteiger partial charge >= 0.3 is 0 Å². The smallest absolute Gasteiger partial charge is 0.124 e. The van der Waals surface area contributed by atoms with Crippen LogP contribution in [0.1, 0.15) is 25.2 Å². The zero-order chi connectivity index (χ0) is 13.2. The topological polar surface area (TPSA) is 64.2 Å². The summed E-state index contributed by atoms with van der Waals surface area (Å²) in [6.45, 7) is 6.45. The number of hydrogen-bond donors (Lipinski definition) is 3. The van der Waals surface area contributed by atoms with Crippen molar-refractivity contribution in [2.45, 2.75) is 19.4 Å². The Bertz CT molecular complexity index is 558. The number of nitrogens with one attached hydrogen (secondary N) is 2. The zero-order valence-corrected chi connectivity index (χ0v) is 11.2. The van der Waals surface area contributed by atoms with Crippen LogP contribution in [0.3, 0.4) is 0 Å². The van der Waals surface area contributed by atoms with E-state index in [2.05, 4.69) is 27.1 Å². The number of nitrogens with zero attached hydrogens (tertiary/aromatic N) is 2. The first-order valence-corrected chi connectivity index (χ1v) is 6.87. The number of aromatic amines is 1. The van der Waals surface area contributed by atoms with Gasteiger partial charge in [-0.2, -0.15) is 0 Å². The Kier molecular flexibility index (Phi) is 3.40. The number of aromatic hydroxyl groups is 1. The molecule has 1 unspecified atom stereocenters. The fraction of sp³-hybridized carbons (Fsp3) is 0.500. The van der Waals surface area contributed by atoms with Crippen molar-refractivity contribution in [3.8, 4) is 5.75 Å². The van der Waals surface area contributed by atoms with E-state index in [0.717, 1.165) is 43.0 Å². The first kappa shape index (κ1) is 12.4. The predicted molar refractivity (Wildman–Crippen MR) is 75.2 cm³/mol. The summed E-state index contributed by atoms with van der Waals surface area (Å²) in [5.41, 5.74) is 1.81. The second-order valence-corrected chi connectivity index (χ2v) is 5.14. The molecule has 1 saturated heterocycles. The molecule has 0 saturated carbocycles. The van der Waals surface area contributed by atoms with Crippen LogP contribution in [-0.2, 0) is 0 Å². The van der Waals surface area contributed by atoms with E-state index in [9.17, 15) is 5.11 Å². The highest BCUT2D eigenvalue weighted by molar-refractivity contribution is 5.76. The molecule has 1 aliphatic heterocycles. The van der Waals surface area contributed by atoms with E-state index in [1.807, 2.05) is 6.07 Å². The molecule has 0 amide bonds. The molecule has 0 radical (unpaired) electrons. The quantitative estimate of drug-likeness (QED) is 0.768.